The summed E-state index contributed by atoms with van der Waals surface area (Å²) in [5.74, 6) is 0. The molecule has 1 fully saturated rings. The minimum Gasteiger partial charge on any atom is -0.0720 e. The summed E-state index contributed by atoms with van der Waals surface area (Å²) >= 11 is 0. The van der Waals surface area contributed by atoms with Gasteiger partial charge in [0.05, 0.1) is 24.2 Å². The summed E-state index contributed by atoms with van der Waals surface area (Å²) in [5.41, 5.74) is 0.0953. The van der Waals surface area contributed by atoms with E-state index in [2.05, 4.69) is 50.9 Å². The van der Waals surface area contributed by atoms with Crippen LogP contribution in [-0.4, -0.2) is 33.5 Å². The number of hydrogen-bond acceptors (Lipinski definition) is 1. The Bertz CT molecular complexity index is 250. The van der Waals surface area contributed by atoms with Gasteiger partial charge in [0, 0.05) is 0 Å². The Labute approximate surface area is 101 Å². The van der Waals surface area contributed by atoms with Crippen molar-refractivity contribution in [3.63, 3.8) is 0 Å². The van der Waals surface area contributed by atoms with E-state index in [4.69, 9.17) is 0 Å². The molecule has 3 nitrogen and oxygen atoms in total. The summed E-state index contributed by atoms with van der Waals surface area (Å²) in [6.45, 7) is 14.9. The van der Waals surface area contributed by atoms with E-state index in [1.54, 1.807) is 0 Å². The van der Waals surface area contributed by atoms with Crippen molar-refractivity contribution in [2.24, 2.45) is 0 Å². The third-order valence-electron chi connectivity index (χ3n) is 4.06. The Morgan fingerprint density at radius 1 is 0.938 bits per heavy atom. The molecule has 94 valence electrons. The molecule has 1 rings (SSSR count). The molecule has 0 radical (unpaired) electrons. The average Bonchev–Trinajstić information content (AvgIpc) is 2.61. The van der Waals surface area contributed by atoms with E-state index in [1.165, 1.54) is 0 Å². The van der Waals surface area contributed by atoms with E-state index in [1.807, 2.05) is 0 Å². The lowest BCUT2D eigenvalue weighted by Gasteiger charge is -2.27. The third kappa shape index (κ3) is 2.47. The molecule has 4 heteroatoms. The quantitative estimate of drug-likeness (QED) is 0.706. The molecule has 0 unspecified atom stereocenters. The van der Waals surface area contributed by atoms with Gasteiger partial charge in [-0.05, 0) is 45.1 Å². The van der Waals surface area contributed by atoms with E-state index in [0.29, 0.717) is 0 Å². The van der Waals surface area contributed by atoms with Crippen LogP contribution in [0, 0.1) is 0 Å². The van der Waals surface area contributed by atoms with Gasteiger partial charge >= 0.3 is 8.10 Å². The normalized spacial score (nSPS) is 20.8. The third-order valence-corrected chi connectivity index (χ3v) is 6.37. The van der Waals surface area contributed by atoms with Gasteiger partial charge in [-0.25, -0.2) is 0 Å². The second kappa shape index (κ2) is 4.72. The van der Waals surface area contributed by atoms with Gasteiger partial charge in [-0.1, -0.05) is 23.2 Å². The van der Waals surface area contributed by atoms with Crippen molar-refractivity contribution < 1.29 is 4.57 Å². The van der Waals surface area contributed by atoms with Crippen molar-refractivity contribution >= 4 is 8.10 Å². The highest BCUT2D eigenvalue weighted by Gasteiger charge is 2.54. The molecule has 1 saturated heterocycles. The zero-order chi connectivity index (χ0) is 12.6. The Hall–Kier alpha value is 0.0200. The van der Waals surface area contributed by atoms with Gasteiger partial charge < -0.3 is 0 Å². The van der Waals surface area contributed by atoms with Crippen molar-refractivity contribution in [1.29, 1.82) is 0 Å². The van der Waals surface area contributed by atoms with Crippen LogP contribution in [-0.2, 0) is 4.57 Å². The van der Waals surface area contributed by atoms with Crippen LogP contribution in [0.15, 0.2) is 0 Å². The largest absolute Gasteiger partial charge is 0.538 e. The standard InChI is InChI=1S/C12H26N2OP/c1-7-11(3,4)13-9-10-14(16(13)15)12(5,6)8-2/h7-10H2,1-6H3/q+1. The van der Waals surface area contributed by atoms with Gasteiger partial charge in [0.25, 0.3) is 0 Å². The molecule has 0 aromatic carbocycles. The number of nitrogens with zero attached hydrogens (tertiary/aromatic N) is 2. The topological polar surface area (TPSA) is 23.6 Å². The highest BCUT2D eigenvalue weighted by atomic mass is 31.1. The van der Waals surface area contributed by atoms with Crippen LogP contribution in [0.4, 0.5) is 0 Å². The summed E-state index contributed by atoms with van der Waals surface area (Å²) < 4.78 is 16.8. The Kier molecular flexibility index (Phi) is 4.15. The summed E-state index contributed by atoms with van der Waals surface area (Å²) in [7, 11) is -1.36. The highest BCUT2D eigenvalue weighted by Crippen LogP contribution is 2.48. The van der Waals surface area contributed by atoms with Gasteiger partial charge in [-0.2, -0.15) is 0 Å². The van der Waals surface area contributed by atoms with Crippen molar-refractivity contribution in [2.75, 3.05) is 13.1 Å². The van der Waals surface area contributed by atoms with Crippen molar-refractivity contribution in [3.05, 3.63) is 0 Å². The molecule has 0 aromatic heterocycles. The summed E-state index contributed by atoms with van der Waals surface area (Å²) in [6.07, 6.45) is 2.07. The van der Waals surface area contributed by atoms with Crippen LogP contribution < -0.4 is 0 Å². The first-order valence-corrected chi connectivity index (χ1v) is 7.45. The summed E-state index contributed by atoms with van der Waals surface area (Å²) in [4.78, 5) is 0. The lowest BCUT2D eigenvalue weighted by atomic mass is 10.0. The molecule has 0 atom stereocenters. The zero-order valence-corrected chi connectivity index (χ0v) is 12.5. The van der Waals surface area contributed by atoms with Crippen molar-refractivity contribution in [1.82, 2.24) is 9.34 Å². The molecule has 0 aliphatic carbocycles. The van der Waals surface area contributed by atoms with E-state index in [9.17, 15) is 4.57 Å². The van der Waals surface area contributed by atoms with Crippen LogP contribution >= 0.6 is 8.10 Å². The molecule has 16 heavy (non-hydrogen) atoms. The Morgan fingerprint density at radius 3 is 1.50 bits per heavy atom. The molecule has 0 aromatic rings. The van der Waals surface area contributed by atoms with Crippen molar-refractivity contribution in [3.8, 4) is 0 Å². The molecular formula is C12H26N2OP+. The predicted octanol–water partition coefficient (Wildman–Crippen LogP) is 3.64. The molecule has 1 aliphatic heterocycles. The second-order valence-electron chi connectivity index (χ2n) is 5.83. The molecule has 0 N–H and O–H groups in total. The first-order valence-electron chi connectivity index (χ1n) is 6.28. The van der Waals surface area contributed by atoms with Gasteiger partial charge in [0.15, 0.2) is 0 Å². The summed E-state index contributed by atoms with van der Waals surface area (Å²) in [6, 6.07) is 0. The van der Waals surface area contributed by atoms with E-state index in [0.717, 1.165) is 25.9 Å². The maximum absolute atomic E-state index is 12.5. The number of rotatable bonds is 4. The minimum atomic E-state index is -1.36. The van der Waals surface area contributed by atoms with Crippen LogP contribution in [0.5, 0.6) is 0 Å². The van der Waals surface area contributed by atoms with Gasteiger partial charge in [-0.15, -0.1) is 0 Å². The van der Waals surface area contributed by atoms with Crippen LogP contribution in [0.1, 0.15) is 54.4 Å². The fourth-order valence-corrected chi connectivity index (χ4v) is 3.92. The summed E-state index contributed by atoms with van der Waals surface area (Å²) in [5, 5.41) is 0. The minimum absolute atomic E-state index is 0.0476. The average molecular weight is 245 g/mol. The fraction of sp³-hybridized carbons (Fsp3) is 1.00. The smallest absolute Gasteiger partial charge is 0.0720 e. The maximum atomic E-state index is 12.5. The Morgan fingerprint density at radius 2 is 1.25 bits per heavy atom. The Balaban J connectivity index is 2.83. The van der Waals surface area contributed by atoms with E-state index >= 15 is 0 Å². The monoisotopic (exact) mass is 245 g/mol. The highest BCUT2D eigenvalue weighted by molar-refractivity contribution is 7.39. The molecule has 0 amide bonds. The second-order valence-corrected chi connectivity index (χ2v) is 7.30. The zero-order valence-electron chi connectivity index (χ0n) is 11.6. The molecular weight excluding hydrogens is 219 g/mol. The van der Waals surface area contributed by atoms with Crippen LogP contribution in [0.2, 0.25) is 0 Å². The molecule has 0 bridgehead atoms. The fourth-order valence-electron chi connectivity index (χ4n) is 1.92. The van der Waals surface area contributed by atoms with E-state index < -0.39 is 8.10 Å². The lowest BCUT2D eigenvalue weighted by Crippen LogP contribution is -2.38. The molecule has 0 spiro atoms. The van der Waals surface area contributed by atoms with Crippen LogP contribution in [0.3, 0.4) is 0 Å². The van der Waals surface area contributed by atoms with Gasteiger partial charge in [-0.3, -0.25) is 0 Å². The first-order chi connectivity index (χ1) is 7.26. The molecule has 1 aliphatic rings. The van der Waals surface area contributed by atoms with Crippen molar-refractivity contribution in [2.45, 2.75) is 65.5 Å². The first kappa shape index (κ1) is 14.1. The van der Waals surface area contributed by atoms with Crippen LogP contribution in [0.25, 0.3) is 0 Å². The van der Waals surface area contributed by atoms with E-state index in [-0.39, 0.29) is 11.1 Å². The molecule has 1 heterocycles. The maximum Gasteiger partial charge on any atom is 0.538 e. The SMILES string of the molecule is CCC(C)(C)N1CCN(C(C)(C)CC)[P+]1=O. The predicted molar refractivity (Wildman–Crippen MR) is 69.8 cm³/mol. The molecule has 0 saturated carbocycles. The lowest BCUT2D eigenvalue weighted by molar-refractivity contribution is 0.239. The van der Waals surface area contributed by atoms with Gasteiger partial charge in [0.2, 0.25) is 0 Å². The van der Waals surface area contributed by atoms with Gasteiger partial charge in [0.1, 0.15) is 0 Å². The number of hydrogen-bond donors (Lipinski definition) is 0.